The zero-order chi connectivity index (χ0) is 22.4. The number of rotatable bonds is 4. The first-order valence-corrected chi connectivity index (χ1v) is 10.4. The van der Waals surface area contributed by atoms with Crippen LogP contribution in [-0.4, -0.2) is 57.0 Å². The van der Waals surface area contributed by atoms with E-state index in [2.05, 4.69) is 4.74 Å². The summed E-state index contributed by atoms with van der Waals surface area (Å²) in [5.41, 5.74) is 3.03. The summed E-state index contributed by atoms with van der Waals surface area (Å²) in [7, 11) is 0. The number of hydrogen-bond donors (Lipinski definition) is 4. The fourth-order valence-corrected chi connectivity index (χ4v) is 5.52. The van der Waals surface area contributed by atoms with E-state index in [1.807, 2.05) is 18.2 Å². The Balaban J connectivity index is 1.59. The average Bonchev–Trinajstić information content (AvgIpc) is 3.08. The fraction of sp³-hybridized carbons (Fsp3) is 0.429. The summed E-state index contributed by atoms with van der Waals surface area (Å²) >= 11 is 1.07. The van der Waals surface area contributed by atoms with Crippen LogP contribution in [-0.2, 0) is 22.7 Å². The fourth-order valence-electron chi connectivity index (χ4n) is 3.97. The standard InChI is InChI=1S/C21H21F3O6S/c22-21(23,24)30-14-5-2-11(3-6-14)7-12-1-4-13-10-29-20(15(13)8-12)19(28)18(27)17(26)16(9-25)31-20/h1-6,8,16-19,25-28H,7,9-10H2/t16-,17-,18+,19-,20+/m1/s1. The van der Waals surface area contributed by atoms with E-state index in [4.69, 9.17) is 4.74 Å². The molecular formula is C21H21F3O6S. The van der Waals surface area contributed by atoms with Gasteiger partial charge in [-0.05, 0) is 35.2 Å². The van der Waals surface area contributed by atoms with Gasteiger partial charge in [0.15, 0.2) is 4.93 Å². The maximum absolute atomic E-state index is 12.3. The monoisotopic (exact) mass is 458 g/mol. The van der Waals surface area contributed by atoms with E-state index < -0.39 is 41.5 Å². The maximum atomic E-state index is 12.3. The van der Waals surface area contributed by atoms with E-state index >= 15 is 0 Å². The second-order valence-corrected chi connectivity index (χ2v) is 9.03. The highest BCUT2D eigenvalue weighted by Crippen LogP contribution is 2.54. The molecule has 31 heavy (non-hydrogen) atoms. The van der Waals surface area contributed by atoms with Crippen LogP contribution in [0.15, 0.2) is 42.5 Å². The summed E-state index contributed by atoms with van der Waals surface area (Å²) in [6, 6.07) is 11.1. The lowest BCUT2D eigenvalue weighted by Crippen LogP contribution is -2.58. The molecule has 0 amide bonds. The molecule has 2 aliphatic rings. The second kappa shape index (κ2) is 8.27. The number of halogens is 3. The predicted octanol–water partition coefficient (Wildman–Crippen LogP) is 2.05. The minimum Gasteiger partial charge on any atom is -0.406 e. The van der Waals surface area contributed by atoms with Crippen LogP contribution < -0.4 is 4.74 Å². The van der Waals surface area contributed by atoms with Crippen molar-refractivity contribution in [2.45, 2.75) is 47.9 Å². The predicted molar refractivity (Wildman–Crippen MR) is 105 cm³/mol. The molecule has 6 nitrogen and oxygen atoms in total. The molecule has 1 fully saturated rings. The van der Waals surface area contributed by atoms with E-state index in [0.29, 0.717) is 12.0 Å². The van der Waals surface area contributed by atoms with Crippen molar-refractivity contribution >= 4 is 11.8 Å². The summed E-state index contributed by atoms with van der Waals surface area (Å²) in [5, 5.41) is 40.0. The molecule has 168 valence electrons. The second-order valence-electron chi connectivity index (χ2n) is 7.58. The number of alkyl halides is 3. The first-order chi connectivity index (χ1) is 14.6. The first kappa shape index (κ1) is 22.4. The van der Waals surface area contributed by atoms with Crippen molar-refractivity contribution in [2.24, 2.45) is 0 Å². The number of aliphatic hydroxyl groups excluding tert-OH is 4. The molecule has 0 unspecified atom stereocenters. The van der Waals surface area contributed by atoms with Crippen LogP contribution in [0.5, 0.6) is 5.75 Å². The van der Waals surface area contributed by atoms with Gasteiger partial charge in [0.2, 0.25) is 0 Å². The normalized spacial score (nSPS) is 30.4. The third-order valence-electron chi connectivity index (χ3n) is 5.51. The molecule has 0 aliphatic carbocycles. The van der Waals surface area contributed by atoms with Gasteiger partial charge in [-0.2, -0.15) is 0 Å². The van der Waals surface area contributed by atoms with Crippen molar-refractivity contribution in [3.63, 3.8) is 0 Å². The SMILES string of the molecule is OC[C@H]1S[C@]2(OCc3ccc(Cc4ccc(OC(F)(F)F)cc4)cc32)[C@H](O)[C@@H](O)[C@@H]1O. The molecule has 2 aromatic carbocycles. The molecule has 2 heterocycles. The van der Waals surface area contributed by atoms with Gasteiger partial charge >= 0.3 is 6.36 Å². The van der Waals surface area contributed by atoms with Gasteiger partial charge in [0.1, 0.15) is 18.0 Å². The molecular weight excluding hydrogens is 437 g/mol. The van der Waals surface area contributed by atoms with E-state index in [1.165, 1.54) is 24.3 Å². The highest BCUT2D eigenvalue weighted by Gasteiger charge is 2.57. The Morgan fingerprint density at radius 3 is 2.35 bits per heavy atom. The third-order valence-corrected chi connectivity index (χ3v) is 7.17. The molecule has 5 atom stereocenters. The number of benzene rings is 2. The lowest BCUT2D eigenvalue weighted by Gasteiger charge is -2.45. The molecule has 4 N–H and O–H groups in total. The molecule has 10 heteroatoms. The molecule has 0 bridgehead atoms. The largest absolute Gasteiger partial charge is 0.573 e. The van der Waals surface area contributed by atoms with Gasteiger partial charge in [0, 0.05) is 5.56 Å². The molecule has 0 aromatic heterocycles. The van der Waals surface area contributed by atoms with Crippen LogP contribution in [0.1, 0.15) is 22.3 Å². The Kier molecular flexibility index (Phi) is 5.97. The number of fused-ring (bicyclic) bond motifs is 2. The number of thioether (sulfide) groups is 1. The molecule has 0 radical (unpaired) electrons. The number of ether oxygens (including phenoxy) is 2. The van der Waals surface area contributed by atoms with Crippen molar-refractivity contribution in [2.75, 3.05) is 6.61 Å². The van der Waals surface area contributed by atoms with Crippen LogP contribution in [0.3, 0.4) is 0 Å². The van der Waals surface area contributed by atoms with Gasteiger partial charge in [0.05, 0.1) is 24.6 Å². The van der Waals surface area contributed by atoms with Gasteiger partial charge in [-0.25, -0.2) is 0 Å². The van der Waals surface area contributed by atoms with Crippen LogP contribution in [0.25, 0.3) is 0 Å². The topological polar surface area (TPSA) is 99.4 Å². The third kappa shape index (κ3) is 4.28. The first-order valence-electron chi connectivity index (χ1n) is 9.57. The summed E-state index contributed by atoms with van der Waals surface area (Å²) in [6.45, 7) is -0.202. The van der Waals surface area contributed by atoms with Gasteiger partial charge in [0.25, 0.3) is 0 Å². The number of hydrogen-bond acceptors (Lipinski definition) is 7. The van der Waals surface area contributed by atoms with Gasteiger partial charge < -0.3 is 29.9 Å². The van der Waals surface area contributed by atoms with Gasteiger partial charge in [-0.3, -0.25) is 0 Å². The Bertz CT molecular complexity index is 936. The molecule has 1 spiro atoms. The average molecular weight is 458 g/mol. The van der Waals surface area contributed by atoms with Crippen LogP contribution in [0, 0.1) is 0 Å². The molecule has 4 rings (SSSR count). The maximum Gasteiger partial charge on any atom is 0.573 e. The minimum atomic E-state index is -4.75. The number of aliphatic hydroxyl groups is 4. The molecule has 2 aromatic rings. The highest BCUT2D eigenvalue weighted by molar-refractivity contribution is 8.00. The Labute approximate surface area is 180 Å². The molecule has 0 saturated carbocycles. The highest BCUT2D eigenvalue weighted by atomic mass is 32.2. The van der Waals surface area contributed by atoms with Gasteiger partial charge in [-0.15, -0.1) is 24.9 Å². The lowest BCUT2D eigenvalue weighted by molar-refractivity contribution is -0.274. The van der Waals surface area contributed by atoms with Crippen LogP contribution in [0.2, 0.25) is 0 Å². The van der Waals surface area contributed by atoms with Gasteiger partial charge in [-0.1, -0.05) is 30.3 Å². The lowest BCUT2D eigenvalue weighted by atomic mass is 9.91. The van der Waals surface area contributed by atoms with E-state index in [9.17, 15) is 33.6 Å². The zero-order valence-corrected chi connectivity index (χ0v) is 16.9. The Morgan fingerprint density at radius 2 is 1.71 bits per heavy atom. The quantitative estimate of drug-likeness (QED) is 0.557. The summed E-state index contributed by atoms with van der Waals surface area (Å²) in [4.78, 5) is -1.33. The molecule has 2 aliphatic heterocycles. The van der Waals surface area contributed by atoms with Crippen LogP contribution >= 0.6 is 11.8 Å². The van der Waals surface area contributed by atoms with Crippen LogP contribution in [0.4, 0.5) is 13.2 Å². The summed E-state index contributed by atoms with van der Waals surface area (Å²) in [5.74, 6) is -0.304. The smallest absolute Gasteiger partial charge is 0.406 e. The van der Waals surface area contributed by atoms with Crippen molar-refractivity contribution < 1.29 is 43.1 Å². The minimum absolute atomic E-state index is 0.199. The van der Waals surface area contributed by atoms with Crippen molar-refractivity contribution in [1.29, 1.82) is 0 Å². The Morgan fingerprint density at radius 1 is 1.03 bits per heavy atom. The molecule has 1 saturated heterocycles. The summed E-state index contributed by atoms with van der Waals surface area (Å²) < 4.78 is 46.7. The summed E-state index contributed by atoms with van der Waals surface area (Å²) in [6.07, 6.45) is -8.55. The van der Waals surface area contributed by atoms with E-state index in [-0.39, 0.29) is 12.4 Å². The zero-order valence-electron chi connectivity index (χ0n) is 16.1. The van der Waals surface area contributed by atoms with Crippen molar-refractivity contribution in [3.8, 4) is 5.75 Å². The van der Waals surface area contributed by atoms with Crippen molar-refractivity contribution in [3.05, 3.63) is 64.7 Å². The van der Waals surface area contributed by atoms with E-state index in [0.717, 1.165) is 28.5 Å². The van der Waals surface area contributed by atoms with E-state index in [1.54, 1.807) is 0 Å². The van der Waals surface area contributed by atoms with Crippen molar-refractivity contribution in [1.82, 2.24) is 0 Å². The Hall–Kier alpha value is -1.82.